The second-order valence-corrected chi connectivity index (χ2v) is 7.56. The number of nitrogens with one attached hydrogen (secondary N) is 1. The number of fused-ring (bicyclic) bond motifs is 1. The highest BCUT2D eigenvalue weighted by atomic mass is 16.5. The zero-order chi connectivity index (χ0) is 22.5. The van der Waals surface area contributed by atoms with E-state index in [9.17, 15) is 9.59 Å². The SMILES string of the molecule is COc1ccc(CNC(=O)c2cc3n(n2)CCCN(Cc2ccccc2)C3=O)c(OC)c1. The molecule has 1 aromatic heterocycles. The molecule has 0 saturated carbocycles. The minimum atomic E-state index is -0.342. The molecule has 0 saturated heterocycles. The molecule has 166 valence electrons. The second kappa shape index (κ2) is 9.55. The first kappa shape index (κ1) is 21.4. The lowest BCUT2D eigenvalue weighted by Crippen LogP contribution is -2.30. The molecule has 32 heavy (non-hydrogen) atoms. The Morgan fingerprint density at radius 1 is 1.06 bits per heavy atom. The van der Waals surface area contributed by atoms with Crippen molar-refractivity contribution in [2.24, 2.45) is 0 Å². The number of benzene rings is 2. The summed E-state index contributed by atoms with van der Waals surface area (Å²) in [4.78, 5) is 27.7. The molecule has 8 nitrogen and oxygen atoms in total. The maximum Gasteiger partial charge on any atom is 0.272 e. The van der Waals surface area contributed by atoms with E-state index in [1.165, 1.54) is 0 Å². The minimum Gasteiger partial charge on any atom is -0.497 e. The lowest BCUT2D eigenvalue weighted by Gasteiger charge is -2.20. The average molecular weight is 434 g/mol. The molecule has 0 aliphatic carbocycles. The van der Waals surface area contributed by atoms with Gasteiger partial charge in [-0.1, -0.05) is 30.3 Å². The van der Waals surface area contributed by atoms with E-state index < -0.39 is 0 Å². The van der Waals surface area contributed by atoms with E-state index in [0.29, 0.717) is 36.8 Å². The van der Waals surface area contributed by atoms with Crippen LogP contribution in [0.4, 0.5) is 0 Å². The van der Waals surface area contributed by atoms with Gasteiger partial charge < -0.3 is 19.7 Å². The van der Waals surface area contributed by atoms with Crippen LogP contribution in [0.3, 0.4) is 0 Å². The second-order valence-electron chi connectivity index (χ2n) is 7.56. The molecule has 1 aliphatic rings. The molecule has 0 atom stereocenters. The summed E-state index contributed by atoms with van der Waals surface area (Å²) in [7, 11) is 3.15. The summed E-state index contributed by atoms with van der Waals surface area (Å²) in [6.45, 7) is 2.04. The van der Waals surface area contributed by atoms with Gasteiger partial charge in [0.05, 0.1) is 14.2 Å². The van der Waals surface area contributed by atoms with Crippen molar-refractivity contribution in [3.05, 3.63) is 77.1 Å². The van der Waals surface area contributed by atoms with Gasteiger partial charge in [-0.15, -0.1) is 0 Å². The Hall–Kier alpha value is -3.81. The van der Waals surface area contributed by atoms with Crippen molar-refractivity contribution in [3.8, 4) is 11.5 Å². The van der Waals surface area contributed by atoms with Gasteiger partial charge in [-0.3, -0.25) is 14.3 Å². The van der Waals surface area contributed by atoms with Crippen LogP contribution in [0.2, 0.25) is 0 Å². The van der Waals surface area contributed by atoms with Gasteiger partial charge in [0.1, 0.15) is 17.2 Å². The Kier molecular flexibility index (Phi) is 6.39. The third kappa shape index (κ3) is 4.59. The van der Waals surface area contributed by atoms with Crippen LogP contribution in [-0.4, -0.2) is 47.3 Å². The molecule has 0 radical (unpaired) electrons. The van der Waals surface area contributed by atoms with Crippen LogP contribution in [0.5, 0.6) is 11.5 Å². The van der Waals surface area contributed by atoms with Gasteiger partial charge in [-0.05, 0) is 24.1 Å². The molecule has 0 unspecified atom stereocenters. The fraction of sp³-hybridized carbons (Fsp3) is 0.292. The summed E-state index contributed by atoms with van der Waals surface area (Å²) in [6.07, 6.45) is 0.775. The van der Waals surface area contributed by atoms with Crippen molar-refractivity contribution in [1.29, 1.82) is 0 Å². The number of nitrogens with zero attached hydrogens (tertiary/aromatic N) is 3. The van der Waals surface area contributed by atoms with Crippen molar-refractivity contribution in [2.75, 3.05) is 20.8 Å². The highest BCUT2D eigenvalue weighted by Crippen LogP contribution is 2.24. The largest absolute Gasteiger partial charge is 0.497 e. The van der Waals surface area contributed by atoms with E-state index in [1.54, 1.807) is 35.9 Å². The Morgan fingerprint density at radius 3 is 2.62 bits per heavy atom. The number of rotatable bonds is 7. The van der Waals surface area contributed by atoms with E-state index in [4.69, 9.17) is 9.47 Å². The molecule has 4 rings (SSSR count). The number of aryl methyl sites for hydroxylation is 1. The average Bonchev–Trinajstić information content (AvgIpc) is 3.20. The molecule has 0 spiro atoms. The number of carbonyl (C=O) groups excluding carboxylic acids is 2. The van der Waals surface area contributed by atoms with Crippen LogP contribution >= 0.6 is 0 Å². The molecular formula is C24H26N4O4. The van der Waals surface area contributed by atoms with E-state index >= 15 is 0 Å². The summed E-state index contributed by atoms with van der Waals surface area (Å²) in [6, 6.07) is 16.9. The van der Waals surface area contributed by atoms with Crippen LogP contribution in [-0.2, 0) is 19.6 Å². The Labute approximate surface area is 186 Å². The van der Waals surface area contributed by atoms with Crippen LogP contribution < -0.4 is 14.8 Å². The zero-order valence-corrected chi connectivity index (χ0v) is 18.2. The van der Waals surface area contributed by atoms with Crippen LogP contribution in [0.1, 0.15) is 38.5 Å². The van der Waals surface area contributed by atoms with Gasteiger partial charge in [-0.25, -0.2) is 0 Å². The number of amides is 2. The maximum atomic E-state index is 13.1. The smallest absolute Gasteiger partial charge is 0.272 e. The normalized spacial score (nSPS) is 13.3. The van der Waals surface area contributed by atoms with Crippen molar-refractivity contribution in [2.45, 2.75) is 26.1 Å². The monoisotopic (exact) mass is 434 g/mol. The third-order valence-corrected chi connectivity index (χ3v) is 5.47. The predicted molar refractivity (Wildman–Crippen MR) is 119 cm³/mol. The highest BCUT2D eigenvalue weighted by molar-refractivity contribution is 5.98. The number of carbonyl (C=O) groups is 2. The molecule has 3 aromatic rings. The lowest BCUT2D eigenvalue weighted by molar-refractivity contribution is 0.0745. The van der Waals surface area contributed by atoms with Crippen molar-refractivity contribution in [1.82, 2.24) is 20.0 Å². The minimum absolute atomic E-state index is 0.116. The molecule has 2 heterocycles. The van der Waals surface area contributed by atoms with Gasteiger partial charge in [0.25, 0.3) is 11.8 Å². The number of ether oxygens (including phenoxy) is 2. The first-order chi connectivity index (χ1) is 15.6. The summed E-state index contributed by atoms with van der Waals surface area (Å²) >= 11 is 0. The summed E-state index contributed by atoms with van der Waals surface area (Å²) in [5.41, 5.74) is 2.54. The first-order valence-corrected chi connectivity index (χ1v) is 10.5. The van der Waals surface area contributed by atoms with Crippen molar-refractivity contribution in [3.63, 3.8) is 0 Å². The highest BCUT2D eigenvalue weighted by Gasteiger charge is 2.26. The van der Waals surface area contributed by atoms with E-state index in [-0.39, 0.29) is 24.1 Å². The predicted octanol–water partition coefficient (Wildman–Crippen LogP) is 2.88. The van der Waals surface area contributed by atoms with Gasteiger partial charge in [0.2, 0.25) is 0 Å². The molecule has 0 fully saturated rings. The zero-order valence-electron chi connectivity index (χ0n) is 18.2. The maximum absolute atomic E-state index is 13.1. The first-order valence-electron chi connectivity index (χ1n) is 10.5. The molecular weight excluding hydrogens is 408 g/mol. The Bertz CT molecular complexity index is 1110. The standard InChI is InChI=1S/C24H26N4O4/c1-31-19-10-9-18(22(13-19)32-2)15-25-23(29)20-14-21-24(30)27(11-6-12-28(21)26-20)16-17-7-4-3-5-8-17/h3-5,7-10,13-14H,6,11-12,15-16H2,1-2H3,(H,25,29). The van der Waals surface area contributed by atoms with Gasteiger partial charge in [0, 0.05) is 43.9 Å². The summed E-state index contributed by atoms with van der Waals surface area (Å²) in [5, 5.41) is 7.25. The molecule has 2 amide bonds. The van der Waals surface area contributed by atoms with E-state index in [0.717, 1.165) is 17.5 Å². The Morgan fingerprint density at radius 2 is 1.88 bits per heavy atom. The number of hydrogen-bond donors (Lipinski definition) is 1. The fourth-order valence-corrected chi connectivity index (χ4v) is 3.76. The molecule has 1 N–H and O–H groups in total. The quantitative estimate of drug-likeness (QED) is 0.618. The van der Waals surface area contributed by atoms with Crippen LogP contribution in [0.25, 0.3) is 0 Å². The Balaban J connectivity index is 1.46. The van der Waals surface area contributed by atoms with Gasteiger partial charge in [0.15, 0.2) is 5.69 Å². The van der Waals surface area contributed by atoms with Crippen LogP contribution in [0.15, 0.2) is 54.6 Å². The third-order valence-electron chi connectivity index (χ3n) is 5.47. The van der Waals surface area contributed by atoms with Crippen molar-refractivity contribution < 1.29 is 19.1 Å². The number of hydrogen-bond acceptors (Lipinski definition) is 5. The van der Waals surface area contributed by atoms with E-state index in [1.807, 2.05) is 42.5 Å². The molecule has 1 aliphatic heterocycles. The topological polar surface area (TPSA) is 85.7 Å². The van der Waals surface area contributed by atoms with Crippen LogP contribution in [0, 0.1) is 0 Å². The van der Waals surface area contributed by atoms with Gasteiger partial charge in [-0.2, -0.15) is 5.10 Å². The fourth-order valence-electron chi connectivity index (χ4n) is 3.76. The number of aromatic nitrogens is 2. The molecule has 8 heteroatoms. The lowest BCUT2D eigenvalue weighted by atomic mass is 10.2. The van der Waals surface area contributed by atoms with E-state index in [2.05, 4.69) is 10.4 Å². The molecule has 0 bridgehead atoms. The summed E-state index contributed by atoms with van der Waals surface area (Å²) < 4.78 is 12.2. The molecule has 2 aromatic carbocycles. The van der Waals surface area contributed by atoms with Crippen molar-refractivity contribution >= 4 is 11.8 Å². The van der Waals surface area contributed by atoms with Gasteiger partial charge >= 0.3 is 0 Å². The summed E-state index contributed by atoms with van der Waals surface area (Å²) in [5.74, 6) is 0.839. The number of methoxy groups -OCH3 is 2.